The van der Waals surface area contributed by atoms with Gasteiger partial charge in [0.15, 0.2) is 0 Å². The first-order valence-electron chi connectivity index (χ1n) is 6.26. The molecule has 0 saturated heterocycles. The van der Waals surface area contributed by atoms with Gasteiger partial charge in [-0.05, 0) is 36.9 Å². The number of hydrogen-bond donors (Lipinski definition) is 1. The van der Waals surface area contributed by atoms with Crippen molar-refractivity contribution in [3.63, 3.8) is 0 Å². The SMILES string of the molecule is CCCNC(CCC(F)(F)F)c1cc2sccc2s1. The highest BCUT2D eigenvalue weighted by Gasteiger charge is 2.29. The smallest absolute Gasteiger partial charge is 0.309 e. The van der Waals surface area contributed by atoms with E-state index in [-0.39, 0.29) is 12.5 Å². The van der Waals surface area contributed by atoms with Crippen molar-refractivity contribution in [1.29, 1.82) is 0 Å². The van der Waals surface area contributed by atoms with Gasteiger partial charge in [-0.15, -0.1) is 22.7 Å². The van der Waals surface area contributed by atoms with Crippen LogP contribution in [0.25, 0.3) is 9.40 Å². The lowest BCUT2D eigenvalue weighted by Crippen LogP contribution is -2.23. The van der Waals surface area contributed by atoms with E-state index in [2.05, 4.69) is 5.32 Å². The van der Waals surface area contributed by atoms with Crippen LogP contribution in [-0.2, 0) is 0 Å². The van der Waals surface area contributed by atoms with Crippen molar-refractivity contribution >= 4 is 32.1 Å². The van der Waals surface area contributed by atoms with Crippen molar-refractivity contribution in [2.24, 2.45) is 0 Å². The van der Waals surface area contributed by atoms with Crippen LogP contribution in [-0.4, -0.2) is 12.7 Å². The summed E-state index contributed by atoms with van der Waals surface area (Å²) < 4.78 is 39.5. The summed E-state index contributed by atoms with van der Waals surface area (Å²) in [7, 11) is 0. The van der Waals surface area contributed by atoms with Gasteiger partial charge in [0.1, 0.15) is 0 Å². The number of thiophene rings is 2. The van der Waals surface area contributed by atoms with Gasteiger partial charge in [0.05, 0.1) is 0 Å². The Hall–Kier alpha value is -0.590. The molecule has 6 heteroatoms. The van der Waals surface area contributed by atoms with Gasteiger partial charge >= 0.3 is 6.18 Å². The highest BCUT2D eigenvalue weighted by atomic mass is 32.1. The Balaban J connectivity index is 2.09. The lowest BCUT2D eigenvalue weighted by Gasteiger charge is -2.18. The molecule has 0 amide bonds. The third-order valence-electron chi connectivity index (χ3n) is 2.86. The van der Waals surface area contributed by atoms with Crippen LogP contribution in [0.3, 0.4) is 0 Å². The lowest BCUT2D eigenvalue weighted by atomic mass is 10.1. The fraction of sp³-hybridized carbons (Fsp3) is 0.538. The van der Waals surface area contributed by atoms with Crippen LogP contribution in [0.15, 0.2) is 17.5 Å². The van der Waals surface area contributed by atoms with Crippen molar-refractivity contribution < 1.29 is 13.2 Å². The van der Waals surface area contributed by atoms with Crippen LogP contribution in [0, 0.1) is 0 Å². The average molecular weight is 307 g/mol. The molecule has 0 fully saturated rings. The number of nitrogens with one attached hydrogen (secondary N) is 1. The molecule has 0 radical (unpaired) electrons. The molecule has 1 atom stereocenters. The monoisotopic (exact) mass is 307 g/mol. The number of rotatable bonds is 6. The highest BCUT2D eigenvalue weighted by Crippen LogP contribution is 2.36. The summed E-state index contributed by atoms with van der Waals surface area (Å²) in [5.41, 5.74) is 0. The van der Waals surface area contributed by atoms with E-state index >= 15 is 0 Å². The van der Waals surface area contributed by atoms with E-state index in [1.165, 1.54) is 0 Å². The van der Waals surface area contributed by atoms with E-state index in [1.807, 2.05) is 24.4 Å². The van der Waals surface area contributed by atoms with Crippen LogP contribution >= 0.6 is 22.7 Å². The fourth-order valence-electron chi connectivity index (χ4n) is 1.93. The predicted octanol–water partition coefficient (Wildman–Crippen LogP) is 5.35. The first-order chi connectivity index (χ1) is 8.99. The minimum atomic E-state index is -4.08. The maximum absolute atomic E-state index is 12.4. The molecule has 19 heavy (non-hydrogen) atoms. The third kappa shape index (κ3) is 4.19. The van der Waals surface area contributed by atoms with E-state index < -0.39 is 12.6 Å². The zero-order chi connectivity index (χ0) is 13.9. The molecule has 0 aliphatic carbocycles. The van der Waals surface area contributed by atoms with Crippen LogP contribution < -0.4 is 5.32 Å². The van der Waals surface area contributed by atoms with Gasteiger partial charge in [-0.3, -0.25) is 0 Å². The molecule has 0 aromatic carbocycles. The Labute approximate surface area is 118 Å². The number of hydrogen-bond acceptors (Lipinski definition) is 3. The normalized spacial score (nSPS) is 14.1. The molecular weight excluding hydrogens is 291 g/mol. The number of halogens is 3. The number of fused-ring (bicyclic) bond motifs is 1. The zero-order valence-corrected chi connectivity index (χ0v) is 12.2. The van der Waals surface area contributed by atoms with Crippen LogP contribution in [0.4, 0.5) is 13.2 Å². The second-order valence-electron chi connectivity index (χ2n) is 4.46. The molecule has 1 unspecified atom stereocenters. The summed E-state index contributed by atoms with van der Waals surface area (Å²) in [5, 5.41) is 5.23. The summed E-state index contributed by atoms with van der Waals surface area (Å²) in [6.07, 6.45) is -3.79. The maximum Gasteiger partial charge on any atom is 0.389 e. The van der Waals surface area contributed by atoms with E-state index in [9.17, 15) is 13.2 Å². The lowest BCUT2D eigenvalue weighted by molar-refractivity contribution is -0.136. The first kappa shape index (κ1) is 14.8. The van der Waals surface area contributed by atoms with Crippen LogP contribution in [0.5, 0.6) is 0 Å². The Morgan fingerprint density at radius 1 is 1.32 bits per heavy atom. The molecule has 2 aromatic rings. The third-order valence-corrected chi connectivity index (χ3v) is 5.07. The maximum atomic E-state index is 12.4. The van der Waals surface area contributed by atoms with Gasteiger partial charge < -0.3 is 5.32 Å². The van der Waals surface area contributed by atoms with E-state index in [0.717, 1.165) is 27.2 Å². The van der Waals surface area contributed by atoms with Gasteiger partial charge in [-0.2, -0.15) is 13.2 Å². The van der Waals surface area contributed by atoms with Crippen LogP contribution in [0.2, 0.25) is 0 Å². The average Bonchev–Trinajstić information content (AvgIpc) is 2.88. The topological polar surface area (TPSA) is 12.0 Å². The molecule has 2 heterocycles. The standard InChI is InChI=1S/C13H16F3NS2/c1-2-6-17-9(3-5-13(14,15)16)11-8-12-10(19-11)4-7-18-12/h4,7-9,17H,2-3,5-6H2,1H3. The Bertz CT molecular complexity index is 487. The van der Waals surface area contributed by atoms with E-state index in [0.29, 0.717) is 0 Å². The molecule has 0 saturated carbocycles. The van der Waals surface area contributed by atoms with Gasteiger partial charge in [0.2, 0.25) is 0 Å². The first-order valence-corrected chi connectivity index (χ1v) is 7.96. The van der Waals surface area contributed by atoms with Crippen LogP contribution in [0.1, 0.15) is 37.1 Å². The Kier molecular flexibility index (Phi) is 4.86. The van der Waals surface area contributed by atoms with E-state index in [1.54, 1.807) is 22.7 Å². The second-order valence-corrected chi connectivity index (χ2v) is 6.52. The van der Waals surface area contributed by atoms with Crippen molar-refractivity contribution in [3.05, 3.63) is 22.4 Å². The Morgan fingerprint density at radius 2 is 2.11 bits per heavy atom. The van der Waals surface area contributed by atoms with Gasteiger partial charge in [0.25, 0.3) is 0 Å². The summed E-state index contributed by atoms with van der Waals surface area (Å²) in [5.74, 6) is 0. The largest absolute Gasteiger partial charge is 0.389 e. The van der Waals surface area contributed by atoms with Gasteiger partial charge in [-0.1, -0.05) is 6.92 Å². The second kappa shape index (κ2) is 6.24. The summed E-state index contributed by atoms with van der Waals surface area (Å²) in [6.45, 7) is 2.76. The van der Waals surface area contributed by atoms with E-state index in [4.69, 9.17) is 0 Å². The Morgan fingerprint density at radius 3 is 2.74 bits per heavy atom. The molecule has 0 aliphatic heterocycles. The zero-order valence-electron chi connectivity index (χ0n) is 10.6. The minimum Gasteiger partial charge on any atom is -0.309 e. The molecule has 1 nitrogen and oxygen atoms in total. The number of alkyl halides is 3. The van der Waals surface area contributed by atoms with Gasteiger partial charge in [0, 0.05) is 26.7 Å². The molecule has 2 aromatic heterocycles. The minimum absolute atomic E-state index is 0.108. The summed E-state index contributed by atoms with van der Waals surface area (Å²) in [4.78, 5) is 1.01. The highest BCUT2D eigenvalue weighted by molar-refractivity contribution is 7.26. The molecule has 2 rings (SSSR count). The molecule has 106 valence electrons. The van der Waals surface area contributed by atoms with Crippen molar-refractivity contribution in [1.82, 2.24) is 5.32 Å². The van der Waals surface area contributed by atoms with Crippen molar-refractivity contribution in [2.45, 2.75) is 38.4 Å². The fourth-order valence-corrected chi connectivity index (χ4v) is 4.16. The van der Waals surface area contributed by atoms with Gasteiger partial charge in [-0.25, -0.2) is 0 Å². The molecule has 0 aliphatic rings. The predicted molar refractivity (Wildman–Crippen MR) is 76.0 cm³/mol. The molecular formula is C13H16F3NS2. The molecule has 0 spiro atoms. The van der Waals surface area contributed by atoms with Crippen molar-refractivity contribution in [2.75, 3.05) is 6.54 Å². The summed E-state index contributed by atoms with van der Waals surface area (Å²) >= 11 is 3.23. The molecule has 1 N–H and O–H groups in total. The van der Waals surface area contributed by atoms with Crippen molar-refractivity contribution in [3.8, 4) is 0 Å². The quantitative estimate of drug-likeness (QED) is 0.759. The summed E-state index contributed by atoms with van der Waals surface area (Å²) in [6, 6.07) is 3.86. The molecule has 0 bridgehead atoms.